The number of carbonyl (C=O) groups excluding carboxylic acids is 3. The van der Waals surface area contributed by atoms with E-state index < -0.39 is 18.4 Å². The molecule has 36 heavy (non-hydrogen) atoms. The van der Waals surface area contributed by atoms with Gasteiger partial charge in [0.1, 0.15) is 12.6 Å². The monoisotopic (exact) mass is 540 g/mol. The summed E-state index contributed by atoms with van der Waals surface area (Å²) in [7, 11) is 1.80. The van der Waals surface area contributed by atoms with Crippen molar-refractivity contribution in [2.45, 2.75) is 37.8 Å². The lowest BCUT2D eigenvalue weighted by Gasteiger charge is -2.39. The average molecular weight is 541 g/mol. The van der Waals surface area contributed by atoms with Crippen LogP contribution in [0, 0.1) is 0 Å². The Kier molecular flexibility index (Phi) is 8.55. The second-order valence-electron chi connectivity index (χ2n) is 8.74. The Hall–Kier alpha value is -2.60. The fourth-order valence-corrected chi connectivity index (χ4v) is 5.16. The molecular formula is C24H27ClF2N4O4S. The summed E-state index contributed by atoms with van der Waals surface area (Å²) >= 11 is 7.04. The average Bonchev–Trinajstić information content (AvgIpc) is 3.25. The first kappa shape index (κ1) is 26.5. The van der Waals surface area contributed by atoms with E-state index in [-0.39, 0.29) is 48.8 Å². The number of morpholine rings is 1. The summed E-state index contributed by atoms with van der Waals surface area (Å²) in [4.78, 5) is 41.7. The molecule has 1 saturated carbocycles. The number of hydrogen-bond donors (Lipinski definition) is 2. The molecule has 0 spiro atoms. The van der Waals surface area contributed by atoms with E-state index in [2.05, 4.69) is 10.6 Å². The molecule has 1 aliphatic heterocycles. The Labute approximate surface area is 216 Å². The maximum absolute atomic E-state index is 14.0. The number of hydrogen-bond acceptors (Lipinski definition) is 6. The van der Waals surface area contributed by atoms with Crippen molar-refractivity contribution < 1.29 is 27.9 Å². The molecule has 1 aromatic carbocycles. The number of alkyl halides is 2. The molecule has 1 atom stereocenters. The topological polar surface area (TPSA) is 91.0 Å². The molecule has 3 amide bonds. The minimum atomic E-state index is -2.87. The number of ether oxygens (including phenoxy) is 1. The Morgan fingerprint density at radius 1 is 1.28 bits per heavy atom. The third-order valence-electron chi connectivity index (χ3n) is 6.52. The lowest BCUT2D eigenvalue weighted by molar-refractivity contribution is -0.125. The lowest BCUT2D eigenvalue weighted by Crippen LogP contribution is -2.54. The summed E-state index contributed by atoms with van der Waals surface area (Å²) in [5, 5.41) is 5.39. The molecule has 2 aliphatic rings. The number of benzene rings is 1. The molecule has 2 aromatic rings. The second-order valence-corrected chi connectivity index (χ2v) is 10.5. The minimum Gasteiger partial charge on any atom is -0.370 e. The molecular weight excluding hydrogens is 514 g/mol. The minimum absolute atomic E-state index is 0.00242. The van der Waals surface area contributed by atoms with Gasteiger partial charge in [-0.05, 0) is 50.2 Å². The van der Waals surface area contributed by atoms with Crippen molar-refractivity contribution in [2.24, 2.45) is 0 Å². The van der Waals surface area contributed by atoms with Crippen LogP contribution in [0.2, 0.25) is 4.34 Å². The van der Waals surface area contributed by atoms with Gasteiger partial charge in [-0.25, -0.2) is 8.78 Å². The van der Waals surface area contributed by atoms with Crippen LogP contribution in [-0.4, -0.2) is 68.1 Å². The highest BCUT2D eigenvalue weighted by atomic mass is 35.5. The fourth-order valence-electron chi connectivity index (χ4n) is 4.20. The molecule has 8 nitrogen and oxygen atoms in total. The maximum atomic E-state index is 14.0. The standard InChI is InChI=1S/C24H27ClF2N4O4S/c1-30(14-3-2-4-14)18(12-28-24(34)19-7-8-20(25)36-19)23(33)29-17-6-5-15(11-16(17)22(26)27)31-9-10-35-13-21(31)32/h5-8,11,14,18,22H,2-4,9-10,12-13H2,1H3,(H,28,34)(H,29,33)/t18-/m0/s1. The summed E-state index contributed by atoms with van der Waals surface area (Å²) in [5.74, 6) is -1.19. The van der Waals surface area contributed by atoms with E-state index in [1.807, 2.05) is 4.90 Å². The highest BCUT2D eigenvalue weighted by molar-refractivity contribution is 7.18. The van der Waals surface area contributed by atoms with Crippen LogP contribution < -0.4 is 15.5 Å². The van der Waals surface area contributed by atoms with E-state index in [1.165, 1.54) is 23.1 Å². The largest absolute Gasteiger partial charge is 0.370 e. The number of halogens is 3. The quantitative estimate of drug-likeness (QED) is 0.503. The molecule has 12 heteroatoms. The van der Waals surface area contributed by atoms with Gasteiger partial charge in [-0.3, -0.25) is 19.3 Å². The van der Waals surface area contributed by atoms with E-state index in [9.17, 15) is 23.2 Å². The first-order chi connectivity index (χ1) is 17.2. The van der Waals surface area contributed by atoms with Crippen LogP contribution in [0.3, 0.4) is 0 Å². The Morgan fingerprint density at radius 3 is 2.67 bits per heavy atom. The molecule has 1 saturated heterocycles. The van der Waals surface area contributed by atoms with Gasteiger partial charge in [0.05, 0.1) is 15.8 Å². The van der Waals surface area contributed by atoms with Gasteiger partial charge in [-0.1, -0.05) is 18.0 Å². The van der Waals surface area contributed by atoms with Crippen molar-refractivity contribution >= 4 is 52.0 Å². The van der Waals surface area contributed by atoms with Gasteiger partial charge in [0.2, 0.25) is 5.91 Å². The first-order valence-corrected chi connectivity index (χ1v) is 12.8. The van der Waals surface area contributed by atoms with Crippen LogP contribution in [0.15, 0.2) is 30.3 Å². The molecule has 1 aliphatic carbocycles. The van der Waals surface area contributed by atoms with Crippen molar-refractivity contribution in [1.29, 1.82) is 0 Å². The van der Waals surface area contributed by atoms with Crippen LogP contribution in [0.4, 0.5) is 20.2 Å². The molecule has 0 radical (unpaired) electrons. The van der Waals surface area contributed by atoms with Crippen LogP contribution in [0.5, 0.6) is 0 Å². The Bertz CT molecular complexity index is 1130. The van der Waals surface area contributed by atoms with Gasteiger partial charge >= 0.3 is 0 Å². The van der Waals surface area contributed by atoms with Crippen molar-refractivity contribution in [3.8, 4) is 0 Å². The highest BCUT2D eigenvalue weighted by Gasteiger charge is 2.33. The van der Waals surface area contributed by atoms with Gasteiger partial charge in [0.25, 0.3) is 18.2 Å². The molecule has 0 unspecified atom stereocenters. The maximum Gasteiger partial charge on any atom is 0.265 e. The normalized spacial score (nSPS) is 17.3. The van der Waals surface area contributed by atoms with Crippen LogP contribution in [0.1, 0.15) is 40.9 Å². The van der Waals surface area contributed by atoms with Crippen molar-refractivity contribution in [3.63, 3.8) is 0 Å². The van der Waals surface area contributed by atoms with Gasteiger partial charge in [-0.2, -0.15) is 0 Å². The van der Waals surface area contributed by atoms with Gasteiger partial charge < -0.3 is 20.3 Å². The number of amides is 3. The number of carbonyl (C=O) groups is 3. The van der Waals surface area contributed by atoms with Crippen LogP contribution in [0.25, 0.3) is 0 Å². The van der Waals surface area contributed by atoms with E-state index >= 15 is 0 Å². The molecule has 0 bridgehead atoms. The number of nitrogens with zero attached hydrogens (tertiary/aromatic N) is 2. The zero-order chi connectivity index (χ0) is 25.8. The first-order valence-electron chi connectivity index (χ1n) is 11.6. The molecule has 2 fully saturated rings. The predicted molar refractivity (Wildman–Crippen MR) is 134 cm³/mol. The molecule has 2 N–H and O–H groups in total. The summed E-state index contributed by atoms with van der Waals surface area (Å²) in [6.45, 7) is 0.460. The fraction of sp³-hybridized carbons (Fsp3) is 0.458. The van der Waals surface area contributed by atoms with Crippen molar-refractivity contribution in [1.82, 2.24) is 10.2 Å². The molecule has 2 heterocycles. The van der Waals surface area contributed by atoms with Gasteiger partial charge in [-0.15, -0.1) is 11.3 Å². The van der Waals surface area contributed by atoms with Crippen LogP contribution in [-0.2, 0) is 14.3 Å². The smallest absolute Gasteiger partial charge is 0.265 e. The van der Waals surface area contributed by atoms with Crippen molar-refractivity contribution in [3.05, 3.63) is 45.1 Å². The zero-order valence-electron chi connectivity index (χ0n) is 19.6. The molecule has 1 aromatic heterocycles. The summed E-state index contributed by atoms with van der Waals surface area (Å²) in [6.07, 6.45) is 0.00159. The Morgan fingerprint density at radius 2 is 2.06 bits per heavy atom. The lowest BCUT2D eigenvalue weighted by atomic mass is 9.90. The Balaban J connectivity index is 1.51. The number of rotatable bonds is 9. The van der Waals surface area contributed by atoms with E-state index in [1.54, 1.807) is 19.2 Å². The number of nitrogens with one attached hydrogen (secondary N) is 2. The molecule has 4 rings (SSSR count). The summed E-state index contributed by atoms with van der Waals surface area (Å²) in [5.41, 5.74) is -0.105. The predicted octanol–water partition coefficient (Wildman–Crippen LogP) is 3.92. The third kappa shape index (κ3) is 6.03. The van der Waals surface area contributed by atoms with Gasteiger partial charge in [0.15, 0.2) is 0 Å². The number of anilines is 2. The van der Waals surface area contributed by atoms with E-state index in [4.69, 9.17) is 16.3 Å². The van der Waals surface area contributed by atoms with Gasteiger partial charge in [0, 0.05) is 36.1 Å². The number of likely N-dealkylation sites (N-methyl/N-ethyl adjacent to an activating group) is 1. The van der Waals surface area contributed by atoms with E-state index in [0.717, 1.165) is 30.6 Å². The van der Waals surface area contributed by atoms with Crippen LogP contribution >= 0.6 is 22.9 Å². The number of thiophene rings is 1. The highest BCUT2D eigenvalue weighted by Crippen LogP contribution is 2.32. The third-order valence-corrected chi connectivity index (χ3v) is 7.75. The summed E-state index contributed by atoms with van der Waals surface area (Å²) in [6, 6.07) is 6.73. The SMILES string of the molecule is CN(C1CCC1)[C@@H](CNC(=O)c1ccc(Cl)s1)C(=O)Nc1ccc(N2CCOCC2=O)cc1C(F)F. The second kappa shape index (κ2) is 11.6. The van der Waals surface area contributed by atoms with Crippen molar-refractivity contribution in [2.75, 3.05) is 43.6 Å². The zero-order valence-corrected chi connectivity index (χ0v) is 21.2. The molecule has 194 valence electrons. The summed E-state index contributed by atoms with van der Waals surface area (Å²) < 4.78 is 33.5. The van der Waals surface area contributed by atoms with E-state index in [0.29, 0.717) is 21.5 Å².